The first kappa shape index (κ1) is 19.7. The van der Waals surface area contributed by atoms with Crippen LogP contribution in [0.2, 0.25) is 0 Å². The van der Waals surface area contributed by atoms with Gasteiger partial charge in [0.25, 0.3) is 0 Å². The van der Waals surface area contributed by atoms with Crippen molar-refractivity contribution < 1.29 is 27.1 Å². The van der Waals surface area contributed by atoms with Crippen LogP contribution in [0, 0.1) is 11.6 Å². The number of hydrogen-bond acceptors (Lipinski definition) is 3. The van der Waals surface area contributed by atoms with Crippen molar-refractivity contribution in [3.05, 3.63) is 83.9 Å². The third-order valence-electron chi connectivity index (χ3n) is 3.72. The largest absolute Gasteiger partial charge is 0.457 e. The van der Waals surface area contributed by atoms with Crippen molar-refractivity contribution in [3.8, 4) is 11.5 Å². The van der Waals surface area contributed by atoms with Crippen LogP contribution in [0.1, 0.15) is 5.56 Å². The number of rotatable bonds is 6. The molecule has 3 aromatic rings. The molecule has 0 aliphatic heterocycles. The molecule has 1 unspecified atom stereocenters. The normalized spacial score (nSPS) is 11.7. The Kier molecular flexibility index (Phi) is 6.13. The first-order valence-corrected chi connectivity index (χ1v) is 9.24. The number of ether oxygens (including phenoxy) is 1. The fourth-order valence-corrected chi connectivity index (χ4v) is 2.91. The molecule has 0 saturated carbocycles. The molecule has 0 aromatic heterocycles. The second kappa shape index (κ2) is 8.73. The number of benzene rings is 3. The fraction of sp³-hybridized carbons (Fsp3) is 0.0500. The second-order valence-corrected chi connectivity index (χ2v) is 6.78. The molecule has 28 heavy (non-hydrogen) atoms. The maximum Gasteiger partial charge on any atom is 0.228 e. The van der Waals surface area contributed by atoms with Crippen LogP contribution in [0.4, 0.5) is 14.5 Å². The third-order valence-corrected chi connectivity index (χ3v) is 4.36. The van der Waals surface area contributed by atoms with Gasteiger partial charge in [-0.2, -0.15) is 0 Å². The summed E-state index contributed by atoms with van der Waals surface area (Å²) in [4.78, 5) is 12.2. The minimum absolute atomic E-state index is 0.000744. The van der Waals surface area contributed by atoms with Crippen molar-refractivity contribution in [1.29, 1.82) is 0 Å². The highest BCUT2D eigenvalue weighted by molar-refractivity contribution is 7.79. The Labute approximate surface area is 162 Å². The molecule has 144 valence electrons. The van der Waals surface area contributed by atoms with Crippen molar-refractivity contribution in [2.45, 2.75) is 11.3 Å². The molecule has 0 bridgehead atoms. The molecule has 0 fully saturated rings. The van der Waals surface area contributed by atoms with E-state index in [-0.39, 0.29) is 28.3 Å². The van der Waals surface area contributed by atoms with Crippen LogP contribution in [-0.2, 0) is 22.3 Å². The molecule has 1 amide bonds. The third kappa shape index (κ3) is 5.21. The number of nitrogens with one attached hydrogen (secondary N) is 1. The summed E-state index contributed by atoms with van der Waals surface area (Å²) in [7, 11) is 0. The summed E-state index contributed by atoms with van der Waals surface area (Å²) in [6.45, 7) is 0. The van der Waals surface area contributed by atoms with Gasteiger partial charge in [-0.05, 0) is 48.0 Å². The van der Waals surface area contributed by atoms with Crippen molar-refractivity contribution in [2.75, 3.05) is 5.32 Å². The zero-order chi connectivity index (χ0) is 20.1. The van der Waals surface area contributed by atoms with Gasteiger partial charge in [0.05, 0.1) is 11.3 Å². The highest BCUT2D eigenvalue weighted by Crippen LogP contribution is 2.28. The molecule has 0 aliphatic carbocycles. The monoisotopic (exact) mass is 403 g/mol. The van der Waals surface area contributed by atoms with E-state index in [1.807, 2.05) is 0 Å². The molecule has 0 aliphatic rings. The van der Waals surface area contributed by atoms with Gasteiger partial charge in [-0.15, -0.1) is 0 Å². The van der Waals surface area contributed by atoms with E-state index in [0.717, 1.165) is 0 Å². The van der Waals surface area contributed by atoms with Gasteiger partial charge in [0, 0.05) is 11.8 Å². The zero-order valence-corrected chi connectivity index (χ0v) is 15.2. The molecule has 0 radical (unpaired) electrons. The van der Waals surface area contributed by atoms with E-state index in [1.165, 1.54) is 60.7 Å². The van der Waals surface area contributed by atoms with Gasteiger partial charge in [0.2, 0.25) is 5.91 Å². The van der Waals surface area contributed by atoms with Gasteiger partial charge in [0.15, 0.2) is 11.1 Å². The SMILES string of the molecule is O=C(Cc1ccccc1F)Nc1cc(Oc2ccc(F)cc2)cc(S(=O)O)c1. The summed E-state index contributed by atoms with van der Waals surface area (Å²) in [6, 6.07) is 15.2. The van der Waals surface area contributed by atoms with Crippen molar-refractivity contribution >= 4 is 22.7 Å². The zero-order valence-electron chi connectivity index (χ0n) is 14.4. The van der Waals surface area contributed by atoms with Crippen LogP contribution in [0.25, 0.3) is 0 Å². The quantitative estimate of drug-likeness (QED) is 0.594. The molecule has 5 nitrogen and oxygen atoms in total. The van der Waals surface area contributed by atoms with Gasteiger partial charge in [-0.1, -0.05) is 18.2 Å². The van der Waals surface area contributed by atoms with Crippen molar-refractivity contribution in [1.82, 2.24) is 0 Å². The van der Waals surface area contributed by atoms with Crippen LogP contribution < -0.4 is 10.1 Å². The Hall–Kier alpha value is -3.10. The fourth-order valence-electron chi connectivity index (χ4n) is 2.46. The number of carbonyl (C=O) groups is 1. The summed E-state index contributed by atoms with van der Waals surface area (Å²) >= 11 is -2.32. The van der Waals surface area contributed by atoms with E-state index in [0.29, 0.717) is 5.75 Å². The Balaban J connectivity index is 1.80. The Morgan fingerprint density at radius 2 is 1.71 bits per heavy atom. The predicted octanol–water partition coefficient (Wildman–Crippen LogP) is 4.52. The van der Waals surface area contributed by atoms with Crippen LogP contribution in [0.5, 0.6) is 11.5 Å². The molecule has 0 heterocycles. The summed E-state index contributed by atoms with van der Waals surface area (Å²) in [5.74, 6) is -0.945. The lowest BCUT2D eigenvalue weighted by Gasteiger charge is -2.11. The van der Waals surface area contributed by atoms with Crippen LogP contribution in [0.15, 0.2) is 71.6 Å². The molecule has 1 atom stereocenters. The van der Waals surface area contributed by atoms with E-state index in [4.69, 9.17) is 4.74 Å². The Bertz CT molecular complexity index is 1020. The number of halogens is 2. The van der Waals surface area contributed by atoms with Crippen LogP contribution in [-0.4, -0.2) is 14.7 Å². The molecule has 3 rings (SSSR count). The maximum atomic E-state index is 13.7. The Morgan fingerprint density at radius 3 is 2.39 bits per heavy atom. The first-order chi connectivity index (χ1) is 13.4. The summed E-state index contributed by atoms with van der Waals surface area (Å²) in [6.07, 6.45) is -0.201. The maximum absolute atomic E-state index is 13.7. The molecule has 0 spiro atoms. The van der Waals surface area contributed by atoms with E-state index >= 15 is 0 Å². The molecule has 0 saturated heterocycles. The number of hydrogen-bond donors (Lipinski definition) is 2. The summed E-state index contributed by atoms with van der Waals surface area (Å²) < 4.78 is 53.1. The standard InChI is InChI=1S/C20H15F2NO4S/c21-14-5-7-16(8-6-14)27-17-10-15(11-18(12-17)28(25)26)23-20(24)9-13-3-1-2-4-19(13)22/h1-8,10-12H,9H2,(H,23,24)(H,25,26). The minimum Gasteiger partial charge on any atom is -0.457 e. The average Bonchev–Trinajstić information content (AvgIpc) is 2.65. The van der Waals surface area contributed by atoms with Gasteiger partial charge >= 0.3 is 0 Å². The van der Waals surface area contributed by atoms with Crippen LogP contribution >= 0.6 is 0 Å². The van der Waals surface area contributed by atoms with E-state index in [2.05, 4.69) is 5.32 Å². The molecule has 3 aromatic carbocycles. The van der Waals surface area contributed by atoms with E-state index < -0.39 is 28.6 Å². The number of carbonyl (C=O) groups excluding carboxylic acids is 1. The highest BCUT2D eigenvalue weighted by atomic mass is 32.2. The smallest absolute Gasteiger partial charge is 0.228 e. The predicted molar refractivity (Wildman–Crippen MR) is 101 cm³/mol. The van der Waals surface area contributed by atoms with Gasteiger partial charge in [0.1, 0.15) is 23.1 Å². The van der Waals surface area contributed by atoms with E-state index in [1.54, 1.807) is 6.07 Å². The van der Waals surface area contributed by atoms with Crippen LogP contribution in [0.3, 0.4) is 0 Å². The first-order valence-electron chi connectivity index (χ1n) is 8.13. The molecular weight excluding hydrogens is 388 g/mol. The van der Waals surface area contributed by atoms with Gasteiger partial charge in [-0.25, -0.2) is 13.0 Å². The highest BCUT2D eigenvalue weighted by Gasteiger charge is 2.12. The lowest BCUT2D eigenvalue weighted by molar-refractivity contribution is -0.115. The lowest BCUT2D eigenvalue weighted by Crippen LogP contribution is -2.15. The number of amides is 1. The molecular formula is C20H15F2NO4S. The van der Waals surface area contributed by atoms with E-state index in [9.17, 15) is 22.3 Å². The summed E-state index contributed by atoms with van der Waals surface area (Å²) in [5.41, 5.74) is 0.433. The Morgan fingerprint density at radius 1 is 1.00 bits per heavy atom. The van der Waals surface area contributed by atoms with Crippen molar-refractivity contribution in [2.24, 2.45) is 0 Å². The number of anilines is 1. The topological polar surface area (TPSA) is 75.6 Å². The molecule has 8 heteroatoms. The van der Waals surface area contributed by atoms with Gasteiger partial charge in [-0.3, -0.25) is 4.79 Å². The summed E-state index contributed by atoms with van der Waals surface area (Å²) in [5, 5.41) is 2.56. The van der Waals surface area contributed by atoms with Crippen molar-refractivity contribution in [3.63, 3.8) is 0 Å². The van der Waals surface area contributed by atoms with Gasteiger partial charge < -0.3 is 14.6 Å². The molecule has 2 N–H and O–H groups in total. The average molecular weight is 403 g/mol. The lowest BCUT2D eigenvalue weighted by atomic mass is 10.1. The second-order valence-electron chi connectivity index (χ2n) is 5.81. The minimum atomic E-state index is -2.32.